The Morgan fingerprint density at radius 1 is 0.868 bits per heavy atom. The van der Waals surface area contributed by atoms with Gasteiger partial charge in [-0.25, -0.2) is 9.69 Å². The Hall–Kier alpha value is -4.90. The van der Waals surface area contributed by atoms with Crippen LogP contribution in [0, 0.1) is 13.8 Å². The van der Waals surface area contributed by atoms with Crippen LogP contribution >= 0.6 is 11.3 Å². The molecule has 1 N–H and O–H groups in total. The molecule has 5 rings (SSSR count). The number of carbonyl (C=O) groups is 4. The molecule has 0 radical (unpaired) electrons. The quantitative estimate of drug-likeness (QED) is 0.273. The summed E-state index contributed by atoms with van der Waals surface area (Å²) < 4.78 is 10.9. The summed E-state index contributed by atoms with van der Waals surface area (Å²) in [6.45, 7) is 3.16. The Morgan fingerprint density at radius 2 is 1.53 bits per heavy atom. The molecule has 3 amide bonds. The van der Waals surface area contributed by atoms with E-state index in [1.165, 1.54) is 18.2 Å². The van der Waals surface area contributed by atoms with E-state index < -0.39 is 30.3 Å². The van der Waals surface area contributed by atoms with E-state index in [-0.39, 0.29) is 21.8 Å². The second-order valence-electron chi connectivity index (χ2n) is 8.37. The van der Waals surface area contributed by atoms with Gasteiger partial charge in [0.15, 0.2) is 6.61 Å². The van der Waals surface area contributed by atoms with Crippen LogP contribution in [0.5, 0.6) is 11.5 Å². The van der Waals surface area contributed by atoms with Gasteiger partial charge in [0.1, 0.15) is 16.5 Å². The summed E-state index contributed by atoms with van der Waals surface area (Å²) in [6, 6.07) is 18.4. The minimum absolute atomic E-state index is 0.0330. The van der Waals surface area contributed by atoms with Gasteiger partial charge < -0.3 is 14.8 Å². The normalized spacial score (nSPS) is 12.3. The third-order valence-electron chi connectivity index (χ3n) is 5.56. The van der Waals surface area contributed by atoms with Crippen LogP contribution in [-0.2, 0) is 9.53 Å². The number of aryl methyl sites for hydroxylation is 2. The van der Waals surface area contributed by atoms with Crippen LogP contribution in [0.25, 0.3) is 0 Å². The Balaban J connectivity index is 1.17. The summed E-state index contributed by atoms with van der Waals surface area (Å²) in [5.41, 5.74) is 1.85. The highest BCUT2D eigenvalue weighted by atomic mass is 32.1. The molecule has 0 unspecified atom stereocenters. The molecule has 1 aliphatic heterocycles. The lowest BCUT2D eigenvalue weighted by Gasteiger charge is -2.09. The van der Waals surface area contributed by atoms with E-state index in [2.05, 4.69) is 15.5 Å². The van der Waals surface area contributed by atoms with Gasteiger partial charge in [-0.05, 0) is 68.4 Å². The smallest absolute Gasteiger partial charge is 0.338 e. The monoisotopic (exact) mass is 528 g/mol. The van der Waals surface area contributed by atoms with E-state index in [0.717, 1.165) is 21.8 Å². The van der Waals surface area contributed by atoms with Crippen LogP contribution in [0.1, 0.15) is 41.6 Å². The van der Waals surface area contributed by atoms with Crippen molar-refractivity contribution in [1.82, 2.24) is 10.2 Å². The van der Waals surface area contributed by atoms with E-state index in [9.17, 15) is 19.2 Å². The lowest BCUT2D eigenvalue weighted by molar-refractivity contribution is -0.119. The van der Waals surface area contributed by atoms with E-state index in [1.807, 2.05) is 31.2 Å². The Labute approximate surface area is 220 Å². The van der Waals surface area contributed by atoms with Gasteiger partial charge in [-0.1, -0.05) is 29.0 Å². The predicted molar refractivity (Wildman–Crippen MR) is 139 cm³/mol. The van der Waals surface area contributed by atoms with Crippen LogP contribution in [0.2, 0.25) is 0 Å². The molecule has 0 saturated heterocycles. The van der Waals surface area contributed by atoms with Crippen LogP contribution in [0.4, 0.5) is 10.8 Å². The van der Waals surface area contributed by atoms with Gasteiger partial charge in [0.05, 0.1) is 16.7 Å². The van der Waals surface area contributed by atoms with Crippen LogP contribution < -0.4 is 15.0 Å². The molecule has 10 nitrogen and oxygen atoms in total. The first-order valence-corrected chi connectivity index (χ1v) is 12.2. The number of esters is 1. The third-order valence-corrected chi connectivity index (χ3v) is 6.38. The molecule has 2 heterocycles. The highest BCUT2D eigenvalue weighted by molar-refractivity contribution is 7.15. The Kier molecular flexibility index (Phi) is 6.67. The number of nitrogens with one attached hydrogen (secondary N) is 1. The number of benzene rings is 3. The molecule has 1 aromatic heterocycles. The standard InChI is InChI=1S/C27H20N4O6S/c1-15-3-8-19(9-4-15)37-20-10-6-18(7-11-20)28-23(32)14-36-26(35)17-5-12-21-22(13-17)25(34)31(24(21)33)27-30-29-16(2)38-27/h3-13H,14H2,1-2H3,(H,28,32). The van der Waals surface area contributed by atoms with Crippen molar-refractivity contribution in [3.8, 4) is 11.5 Å². The zero-order valence-corrected chi connectivity index (χ0v) is 21.1. The van der Waals surface area contributed by atoms with Gasteiger partial charge in [0, 0.05) is 5.69 Å². The van der Waals surface area contributed by atoms with Gasteiger partial charge in [0.25, 0.3) is 17.7 Å². The summed E-state index contributed by atoms with van der Waals surface area (Å²) >= 11 is 1.11. The Morgan fingerprint density at radius 3 is 2.18 bits per heavy atom. The molecule has 0 fully saturated rings. The number of hydrogen-bond acceptors (Lipinski definition) is 9. The number of nitrogens with zero attached hydrogens (tertiary/aromatic N) is 3. The molecular formula is C27H20N4O6S. The van der Waals surface area contributed by atoms with Crippen molar-refractivity contribution < 1.29 is 28.7 Å². The molecule has 4 aromatic rings. The lowest BCUT2D eigenvalue weighted by Crippen LogP contribution is -2.29. The minimum Gasteiger partial charge on any atom is -0.457 e. The first kappa shape index (κ1) is 24.8. The van der Waals surface area contributed by atoms with Crippen molar-refractivity contribution in [3.63, 3.8) is 0 Å². The van der Waals surface area contributed by atoms with Crippen molar-refractivity contribution in [2.75, 3.05) is 16.8 Å². The summed E-state index contributed by atoms with van der Waals surface area (Å²) in [5, 5.41) is 11.1. The molecule has 0 spiro atoms. The molecule has 11 heteroatoms. The lowest BCUT2D eigenvalue weighted by atomic mass is 10.1. The molecule has 0 atom stereocenters. The SMILES string of the molecule is Cc1ccc(Oc2ccc(NC(=O)COC(=O)c3ccc4c(c3)C(=O)N(c3nnc(C)s3)C4=O)cc2)cc1. The number of hydrogen-bond donors (Lipinski definition) is 1. The number of aromatic nitrogens is 2. The number of anilines is 2. The van der Waals surface area contributed by atoms with Crippen molar-refractivity contribution in [3.05, 3.63) is 94.0 Å². The number of ether oxygens (including phenoxy) is 2. The van der Waals surface area contributed by atoms with E-state index in [0.29, 0.717) is 22.2 Å². The van der Waals surface area contributed by atoms with Gasteiger partial charge >= 0.3 is 5.97 Å². The van der Waals surface area contributed by atoms with Gasteiger partial charge in [-0.3, -0.25) is 14.4 Å². The zero-order chi connectivity index (χ0) is 26.8. The van der Waals surface area contributed by atoms with Gasteiger partial charge in [-0.15, -0.1) is 10.2 Å². The van der Waals surface area contributed by atoms with Gasteiger partial charge in [-0.2, -0.15) is 0 Å². The second-order valence-corrected chi connectivity index (χ2v) is 9.53. The second kappa shape index (κ2) is 10.2. The molecule has 190 valence electrons. The summed E-state index contributed by atoms with van der Waals surface area (Å²) in [6.07, 6.45) is 0. The van der Waals surface area contributed by atoms with Crippen LogP contribution in [0.15, 0.2) is 66.7 Å². The number of carbonyl (C=O) groups excluding carboxylic acids is 4. The van der Waals surface area contributed by atoms with Crippen molar-refractivity contribution in [2.45, 2.75) is 13.8 Å². The molecule has 1 aliphatic rings. The maximum atomic E-state index is 12.8. The Bertz CT molecular complexity index is 1560. The topological polar surface area (TPSA) is 128 Å². The van der Waals surface area contributed by atoms with Crippen LogP contribution in [-0.4, -0.2) is 40.5 Å². The fraction of sp³-hybridized carbons (Fsp3) is 0.111. The largest absolute Gasteiger partial charge is 0.457 e. The zero-order valence-electron chi connectivity index (χ0n) is 20.3. The number of amides is 3. The van der Waals surface area contributed by atoms with E-state index in [4.69, 9.17) is 9.47 Å². The molecule has 0 saturated carbocycles. The third kappa shape index (κ3) is 5.13. The highest BCUT2D eigenvalue weighted by Gasteiger charge is 2.39. The van der Waals surface area contributed by atoms with E-state index >= 15 is 0 Å². The predicted octanol–water partition coefficient (Wildman–Crippen LogP) is 4.54. The first-order valence-electron chi connectivity index (χ1n) is 11.4. The first-order chi connectivity index (χ1) is 18.3. The number of fused-ring (bicyclic) bond motifs is 1. The fourth-order valence-corrected chi connectivity index (χ4v) is 4.36. The number of rotatable bonds is 7. The van der Waals surface area contributed by atoms with Crippen molar-refractivity contribution in [1.29, 1.82) is 0 Å². The minimum atomic E-state index is -0.810. The van der Waals surface area contributed by atoms with Gasteiger partial charge in [0.2, 0.25) is 5.13 Å². The molecule has 38 heavy (non-hydrogen) atoms. The summed E-state index contributed by atoms with van der Waals surface area (Å²) in [5.74, 6) is -1.22. The average molecular weight is 529 g/mol. The van der Waals surface area contributed by atoms with Crippen molar-refractivity contribution >= 4 is 45.8 Å². The number of imide groups is 1. The molecule has 0 aliphatic carbocycles. The highest BCUT2D eigenvalue weighted by Crippen LogP contribution is 2.31. The molecule has 3 aromatic carbocycles. The van der Waals surface area contributed by atoms with Crippen molar-refractivity contribution in [2.24, 2.45) is 0 Å². The summed E-state index contributed by atoms with van der Waals surface area (Å²) in [4.78, 5) is 51.3. The molecule has 0 bridgehead atoms. The average Bonchev–Trinajstić information content (AvgIpc) is 3.44. The maximum Gasteiger partial charge on any atom is 0.338 e. The summed E-state index contributed by atoms with van der Waals surface area (Å²) in [7, 11) is 0. The van der Waals surface area contributed by atoms with E-state index in [1.54, 1.807) is 31.2 Å². The maximum absolute atomic E-state index is 12.8. The molecular weight excluding hydrogens is 508 g/mol. The van der Waals surface area contributed by atoms with Crippen LogP contribution in [0.3, 0.4) is 0 Å². The fourth-order valence-electron chi connectivity index (χ4n) is 3.68.